The maximum absolute atomic E-state index is 12.9. The molecule has 0 radical (unpaired) electrons. The van der Waals surface area contributed by atoms with Gasteiger partial charge in [-0.2, -0.15) is 11.8 Å². The van der Waals surface area contributed by atoms with Gasteiger partial charge in [0.15, 0.2) is 0 Å². The zero-order chi connectivity index (χ0) is 12.1. The molecule has 1 amide bonds. The van der Waals surface area contributed by atoms with Crippen molar-refractivity contribution in [2.45, 2.75) is 12.2 Å². The van der Waals surface area contributed by atoms with E-state index in [-0.39, 0.29) is 10.7 Å². The predicted octanol–water partition coefficient (Wildman–Crippen LogP) is 2.36. The highest BCUT2D eigenvalue weighted by Crippen LogP contribution is 2.13. The Morgan fingerprint density at radius 2 is 2.44 bits per heavy atom. The van der Waals surface area contributed by atoms with Crippen LogP contribution in [0.5, 0.6) is 0 Å². The molecule has 1 aromatic rings. The fourth-order valence-corrected chi connectivity index (χ4v) is 1.44. The van der Waals surface area contributed by atoms with Crippen LogP contribution < -0.4 is 5.32 Å². The van der Waals surface area contributed by atoms with Gasteiger partial charge in [0.2, 0.25) is 0 Å². The second-order valence-corrected chi connectivity index (χ2v) is 4.88. The molecule has 1 atom stereocenters. The maximum Gasteiger partial charge on any atom is 0.254 e. The van der Waals surface area contributed by atoms with Crippen LogP contribution in [0.25, 0.3) is 0 Å². The van der Waals surface area contributed by atoms with Crippen LogP contribution >= 0.6 is 23.4 Å². The van der Waals surface area contributed by atoms with Crippen LogP contribution in [0, 0.1) is 5.82 Å². The molecule has 1 aromatic heterocycles. The zero-order valence-corrected chi connectivity index (χ0v) is 10.5. The number of rotatable bonds is 4. The van der Waals surface area contributed by atoms with Gasteiger partial charge in [0.05, 0.1) is 11.8 Å². The first-order valence-electron chi connectivity index (χ1n) is 4.66. The summed E-state index contributed by atoms with van der Waals surface area (Å²) in [4.78, 5) is 15.2. The molecule has 1 heterocycles. The van der Waals surface area contributed by atoms with E-state index in [9.17, 15) is 9.18 Å². The third kappa shape index (κ3) is 3.64. The van der Waals surface area contributed by atoms with Gasteiger partial charge in [0, 0.05) is 11.8 Å². The summed E-state index contributed by atoms with van der Waals surface area (Å²) in [6.45, 7) is 2.49. The van der Waals surface area contributed by atoms with E-state index < -0.39 is 11.7 Å². The van der Waals surface area contributed by atoms with Gasteiger partial charge in [-0.05, 0) is 12.3 Å². The van der Waals surface area contributed by atoms with Crippen LogP contribution in [-0.4, -0.2) is 28.9 Å². The number of hydrogen-bond acceptors (Lipinski definition) is 3. The molecular weight excluding hydrogens is 251 g/mol. The van der Waals surface area contributed by atoms with Crippen LogP contribution in [0.15, 0.2) is 12.3 Å². The Morgan fingerprint density at radius 1 is 1.75 bits per heavy atom. The van der Waals surface area contributed by atoms with Crippen molar-refractivity contribution in [2.75, 3.05) is 12.8 Å². The minimum Gasteiger partial charge on any atom is -0.351 e. The molecule has 0 spiro atoms. The van der Waals surface area contributed by atoms with Gasteiger partial charge in [0.25, 0.3) is 5.91 Å². The van der Waals surface area contributed by atoms with Crippen molar-refractivity contribution in [3.05, 3.63) is 28.8 Å². The Morgan fingerprint density at radius 3 is 3.06 bits per heavy atom. The highest BCUT2D eigenvalue weighted by atomic mass is 35.5. The summed E-state index contributed by atoms with van der Waals surface area (Å²) in [6, 6.07) is 1.08. The number of carbonyl (C=O) groups is 1. The zero-order valence-electron chi connectivity index (χ0n) is 8.96. The fraction of sp³-hybridized carbons (Fsp3) is 0.400. The van der Waals surface area contributed by atoms with Crippen LogP contribution in [0.3, 0.4) is 0 Å². The van der Waals surface area contributed by atoms with Crippen molar-refractivity contribution < 1.29 is 9.18 Å². The molecule has 0 aliphatic rings. The molecule has 0 bridgehead atoms. The summed E-state index contributed by atoms with van der Waals surface area (Å²) >= 11 is 7.33. The number of thioether (sulfide) groups is 1. The number of halogens is 2. The lowest BCUT2D eigenvalue weighted by molar-refractivity contribution is 0.0953. The molecule has 0 aliphatic carbocycles. The Kier molecular flexibility index (Phi) is 5.02. The quantitative estimate of drug-likeness (QED) is 0.847. The van der Waals surface area contributed by atoms with Gasteiger partial charge in [-0.15, -0.1) is 0 Å². The molecule has 1 N–H and O–H groups in total. The Balaban J connectivity index is 2.69. The minimum atomic E-state index is -0.576. The smallest absolute Gasteiger partial charge is 0.254 e. The van der Waals surface area contributed by atoms with Crippen molar-refractivity contribution >= 4 is 29.3 Å². The Labute approximate surface area is 103 Å². The van der Waals surface area contributed by atoms with Crippen molar-refractivity contribution in [3.8, 4) is 0 Å². The average molecular weight is 263 g/mol. The van der Waals surface area contributed by atoms with E-state index in [1.54, 1.807) is 11.8 Å². The third-order valence-electron chi connectivity index (χ3n) is 2.00. The van der Waals surface area contributed by atoms with E-state index in [1.165, 1.54) is 0 Å². The predicted molar refractivity (Wildman–Crippen MR) is 64.5 cm³/mol. The van der Waals surface area contributed by atoms with E-state index in [4.69, 9.17) is 11.6 Å². The lowest BCUT2D eigenvalue weighted by Gasteiger charge is -2.10. The van der Waals surface area contributed by atoms with E-state index in [0.717, 1.165) is 12.3 Å². The first-order valence-corrected chi connectivity index (χ1v) is 6.33. The summed E-state index contributed by atoms with van der Waals surface area (Å²) < 4.78 is 12.9. The van der Waals surface area contributed by atoms with Gasteiger partial charge in [-0.3, -0.25) is 4.79 Å². The van der Waals surface area contributed by atoms with E-state index in [0.29, 0.717) is 11.8 Å². The van der Waals surface area contributed by atoms with Crippen LogP contribution in [0.2, 0.25) is 5.15 Å². The first-order chi connectivity index (χ1) is 7.54. The third-order valence-corrected chi connectivity index (χ3v) is 3.28. The summed E-state index contributed by atoms with van der Waals surface area (Å²) in [5, 5.41) is 2.97. The SMILES string of the molecule is CSC(C)CNC(=O)c1cc(F)cnc1Cl. The summed E-state index contributed by atoms with van der Waals surface area (Å²) in [5.41, 5.74) is 0.0648. The summed E-state index contributed by atoms with van der Waals surface area (Å²) in [6.07, 6.45) is 2.93. The van der Waals surface area contributed by atoms with Crippen molar-refractivity contribution in [2.24, 2.45) is 0 Å². The van der Waals surface area contributed by atoms with Crippen molar-refractivity contribution in [1.29, 1.82) is 0 Å². The van der Waals surface area contributed by atoms with Gasteiger partial charge in [0.1, 0.15) is 11.0 Å². The fourth-order valence-electron chi connectivity index (χ4n) is 0.997. The van der Waals surface area contributed by atoms with Crippen LogP contribution in [0.1, 0.15) is 17.3 Å². The van der Waals surface area contributed by atoms with Gasteiger partial charge >= 0.3 is 0 Å². The number of pyridine rings is 1. The molecule has 0 fully saturated rings. The Hall–Kier alpha value is -0.810. The van der Waals surface area contributed by atoms with Crippen molar-refractivity contribution in [1.82, 2.24) is 10.3 Å². The second kappa shape index (κ2) is 6.06. The van der Waals surface area contributed by atoms with Gasteiger partial charge in [-0.25, -0.2) is 9.37 Å². The second-order valence-electron chi connectivity index (χ2n) is 3.25. The molecular formula is C10H12ClFN2OS. The van der Waals surface area contributed by atoms with E-state index >= 15 is 0 Å². The van der Waals surface area contributed by atoms with Crippen LogP contribution in [-0.2, 0) is 0 Å². The molecule has 6 heteroatoms. The highest BCUT2D eigenvalue weighted by molar-refractivity contribution is 7.99. The molecule has 16 heavy (non-hydrogen) atoms. The van der Waals surface area contributed by atoms with E-state index in [1.807, 2.05) is 13.2 Å². The van der Waals surface area contributed by atoms with E-state index in [2.05, 4.69) is 10.3 Å². The monoisotopic (exact) mass is 262 g/mol. The molecule has 0 aromatic carbocycles. The summed E-state index contributed by atoms with van der Waals surface area (Å²) in [7, 11) is 0. The standard InChI is InChI=1S/C10H12ClFN2OS/c1-6(16-2)4-14-10(15)8-3-7(12)5-13-9(8)11/h3,5-6H,4H2,1-2H3,(H,14,15). The molecule has 3 nitrogen and oxygen atoms in total. The number of amides is 1. The largest absolute Gasteiger partial charge is 0.351 e. The number of hydrogen-bond donors (Lipinski definition) is 1. The number of nitrogens with zero attached hydrogens (tertiary/aromatic N) is 1. The van der Waals surface area contributed by atoms with Gasteiger partial charge in [-0.1, -0.05) is 18.5 Å². The molecule has 1 unspecified atom stereocenters. The highest BCUT2D eigenvalue weighted by Gasteiger charge is 2.13. The molecule has 0 saturated heterocycles. The lowest BCUT2D eigenvalue weighted by atomic mass is 10.2. The minimum absolute atomic E-state index is 0.00991. The first kappa shape index (κ1) is 13.3. The molecule has 1 rings (SSSR count). The molecule has 88 valence electrons. The maximum atomic E-state index is 12.9. The molecule has 0 saturated carbocycles. The number of nitrogens with one attached hydrogen (secondary N) is 1. The lowest BCUT2D eigenvalue weighted by Crippen LogP contribution is -2.29. The topological polar surface area (TPSA) is 42.0 Å². The van der Waals surface area contributed by atoms with Gasteiger partial charge < -0.3 is 5.32 Å². The van der Waals surface area contributed by atoms with Crippen molar-refractivity contribution in [3.63, 3.8) is 0 Å². The average Bonchev–Trinajstić information content (AvgIpc) is 2.28. The summed E-state index contributed by atoms with van der Waals surface area (Å²) in [5.74, 6) is -0.981. The normalized spacial score (nSPS) is 12.2. The Bertz CT molecular complexity index is 389. The number of carbonyl (C=O) groups excluding carboxylic acids is 1. The number of aromatic nitrogens is 1. The molecule has 0 aliphatic heterocycles. The van der Waals surface area contributed by atoms with Crippen LogP contribution in [0.4, 0.5) is 4.39 Å².